The molecule has 16 heteroatoms. The number of aromatic nitrogens is 3. The van der Waals surface area contributed by atoms with Gasteiger partial charge in [-0.1, -0.05) is 12.1 Å². The minimum Gasteiger partial charge on any atom is -0.475 e. The van der Waals surface area contributed by atoms with Crippen LogP contribution in [0, 0.1) is 6.92 Å². The summed E-state index contributed by atoms with van der Waals surface area (Å²) in [6.45, 7) is 4.57. The number of nitrogens with zero attached hydrogens (tertiary/aromatic N) is 5. The molecule has 200 valence electrons. The lowest BCUT2D eigenvalue weighted by Crippen LogP contribution is -2.49. The summed E-state index contributed by atoms with van der Waals surface area (Å²) < 4.78 is 67.6. The summed E-state index contributed by atoms with van der Waals surface area (Å²) >= 11 is 0.968. The molecule has 0 spiro atoms. The Hall–Kier alpha value is -3.37. The Morgan fingerprint density at radius 2 is 1.73 bits per heavy atom. The predicted molar refractivity (Wildman–Crippen MR) is 129 cm³/mol. The summed E-state index contributed by atoms with van der Waals surface area (Å²) in [6.07, 6.45) is -4.98. The van der Waals surface area contributed by atoms with Gasteiger partial charge in [0.2, 0.25) is 15.9 Å². The maximum Gasteiger partial charge on any atom is 0.490 e. The summed E-state index contributed by atoms with van der Waals surface area (Å²) in [5.74, 6) is -1.91. The first-order chi connectivity index (χ1) is 17.4. The zero-order valence-electron chi connectivity index (χ0n) is 19.5. The number of halogens is 3. The Morgan fingerprint density at radius 3 is 2.35 bits per heavy atom. The van der Waals surface area contributed by atoms with Crippen molar-refractivity contribution >= 4 is 50.5 Å². The number of aryl methyl sites for hydroxylation is 1. The highest BCUT2D eigenvalue weighted by molar-refractivity contribution is 7.89. The third-order valence-electron chi connectivity index (χ3n) is 5.24. The number of piperazine rings is 1. The van der Waals surface area contributed by atoms with Crippen molar-refractivity contribution in [2.24, 2.45) is 0 Å². The molecular weight excluding hydrogens is 537 g/mol. The van der Waals surface area contributed by atoms with Crippen LogP contribution in [0.4, 0.5) is 19.0 Å². The van der Waals surface area contributed by atoms with E-state index in [0.717, 1.165) is 23.2 Å². The van der Waals surface area contributed by atoms with Crippen molar-refractivity contribution in [3.63, 3.8) is 0 Å². The molecule has 0 unspecified atom stereocenters. The summed E-state index contributed by atoms with van der Waals surface area (Å²) in [6, 6.07) is 10.7. The molecule has 4 rings (SSSR count). The number of hydrogen-bond donors (Lipinski definition) is 2. The molecule has 1 aromatic carbocycles. The van der Waals surface area contributed by atoms with Crippen LogP contribution in [0.15, 0.2) is 41.3 Å². The van der Waals surface area contributed by atoms with Gasteiger partial charge in [0.15, 0.2) is 0 Å². The summed E-state index contributed by atoms with van der Waals surface area (Å²) in [7, 11) is -3.77. The molecule has 1 saturated heterocycles. The topological polar surface area (TPSA) is 146 Å². The fourth-order valence-electron chi connectivity index (χ4n) is 3.42. The summed E-state index contributed by atoms with van der Waals surface area (Å²) in [5, 5.41) is 7.12. The summed E-state index contributed by atoms with van der Waals surface area (Å²) in [4.78, 5) is 30.0. The van der Waals surface area contributed by atoms with E-state index < -0.39 is 22.2 Å². The predicted octanol–water partition coefficient (Wildman–Crippen LogP) is 2.05. The number of sulfonamides is 1. The molecule has 2 aromatic heterocycles. The number of carbonyl (C=O) groups excluding carboxylic acids is 1. The zero-order chi connectivity index (χ0) is 27.2. The monoisotopic (exact) mass is 560 g/mol. The largest absolute Gasteiger partial charge is 0.490 e. The van der Waals surface area contributed by atoms with E-state index in [4.69, 9.17) is 9.90 Å². The third kappa shape index (κ3) is 7.56. The molecule has 0 atom stereocenters. The number of carboxylic acids is 1. The second-order valence-electron chi connectivity index (χ2n) is 7.84. The van der Waals surface area contributed by atoms with Crippen LogP contribution >= 0.6 is 11.7 Å². The van der Waals surface area contributed by atoms with Crippen LogP contribution in [0.25, 0.3) is 11.0 Å². The number of hydrogen-bond acceptors (Lipinski definition) is 9. The van der Waals surface area contributed by atoms with E-state index in [0.29, 0.717) is 37.2 Å². The fourth-order valence-corrected chi connectivity index (χ4v) is 5.21. The molecule has 2 N–H and O–H groups in total. The number of rotatable bonds is 6. The summed E-state index contributed by atoms with van der Waals surface area (Å²) in [5.41, 5.74) is 1.85. The molecule has 1 aliphatic heterocycles. The molecule has 0 bridgehead atoms. The van der Waals surface area contributed by atoms with E-state index in [2.05, 4.69) is 23.4 Å². The van der Waals surface area contributed by atoms with Gasteiger partial charge >= 0.3 is 12.1 Å². The average Bonchev–Trinajstić information content (AvgIpc) is 3.33. The Balaban J connectivity index is 0.000000479. The Morgan fingerprint density at radius 1 is 1.08 bits per heavy atom. The van der Waals surface area contributed by atoms with Gasteiger partial charge in [0.05, 0.1) is 11.7 Å². The number of benzene rings is 1. The van der Waals surface area contributed by atoms with Crippen molar-refractivity contribution in [2.45, 2.75) is 24.4 Å². The third-order valence-corrected chi connectivity index (χ3v) is 7.28. The van der Waals surface area contributed by atoms with E-state index >= 15 is 0 Å². The molecule has 11 nitrogen and oxygen atoms in total. The minimum absolute atomic E-state index is 0.0365. The quantitative estimate of drug-likeness (QED) is 0.463. The molecule has 0 saturated carbocycles. The first-order valence-corrected chi connectivity index (χ1v) is 13.1. The Kier molecular flexibility index (Phi) is 8.98. The van der Waals surface area contributed by atoms with E-state index in [1.807, 2.05) is 25.1 Å². The van der Waals surface area contributed by atoms with Crippen molar-refractivity contribution < 1.29 is 36.3 Å². The highest BCUT2D eigenvalue weighted by Crippen LogP contribution is 2.21. The van der Waals surface area contributed by atoms with Gasteiger partial charge in [0, 0.05) is 44.8 Å². The molecule has 1 amide bonds. The average molecular weight is 561 g/mol. The van der Waals surface area contributed by atoms with Crippen LogP contribution in [-0.4, -0.2) is 82.9 Å². The SMILES string of the molecule is Cc1cccc(N2CCN(C(=O)CCNS(=O)(=O)c3cccc4nsnc34)CC2)n1.O=C(O)C(F)(F)F. The number of nitrogens with one attached hydrogen (secondary N) is 1. The van der Waals surface area contributed by atoms with Crippen LogP contribution in [0.2, 0.25) is 0 Å². The van der Waals surface area contributed by atoms with Crippen LogP contribution in [0.1, 0.15) is 12.1 Å². The molecular formula is C21H23F3N6O5S2. The normalized spacial score (nSPS) is 14.3. The number of amides is 1. The van der Waals surface area contributed by atoms with Gasteiger partial charge < -0.3 is 14.9 Å². The Labute approximate surface area is 214 Å². The van der Waals surface area contributed by atoms with Crippen molar-refractivity contribution in [1.29, 1.82) is 0 Å². The molecule has 1 fully saturated rings. The Bertz CT molecular complexity index is 1360. The van der Waals surface area contributed by atoms with Crippen molar-refractivity contribution in [3.05, 3.63) is 42.1 Å². The van der Waals surface area contributed by atoms with Crippen LogP contribution in [-0.2, 0) is 19.6 Å². The maximum absolute atomic E-state index is 12.6. The van der Waals surface area contributed by atoms with Crippen molar-refractivity contribution in [3.8, 4) is 0 Å². The highest BCUT2D eigenvalue weighted by atomic mass is 32.2. The lowest BCUT2D eigenvalue weighted by atomic mass is 10.2. The van der Waals surface area contributed by atoms with Gasteiger partial charge in [-0.2, -0.15) is 21.9 Å². The number of pyridine rings is 1. The molecule has 0 radical (unpaired) electrons. The van der Waals surface area contributed by atoms with Crippen LogP contribution in [0.3, 0.4) is 0 Å². The van der Waals surface area contributed by atoms with Gasteiger partial charge in [0.1, 0.15) is 21.7 Å². The number of anilines is 1. The number of carbonyl (C=O) groups is 2. The van der Waals surface area contributed by atoms with Crippen molar-refractivity contribution in [2.75, 3.05) is 37.6 Å². The maximum atomic E-state index is 12.6. The smallest absolute Gasteiger partial charge is 0.475 e. The number of aliphatic carboxylic acids is 1. The lowest BCUT2D eigenvalue weighted by molar-refractivity contribution is -0.192. The van der Waals surface area contributed by atoms with E-state index in [1.54, 1.807) is 17.0 Å². The van der Waals surface area contributed by atoms with Gasteiger partial charge in [-0.3, -0.25) is 4.79 Å². The lowest BCUT2D eigenvalue weighted by Gasteiger charge is -2.35. The highest BCUT2D eigenvalue weighted by Gasteiger charge is 2.38. The van der Waals surface area contributed by atoms with Crippen LogP contribution < -0.4 is 9.62 Å². The van der Waals surface area contributed by atoms with E-state index in [1.165, 1.54) is 6.07 Å². The van der Waals surface area contributed by atoms with E-state index in [9.17, 15) is 26.4 Å². The second-order valence-corrected chi connectivity index (χ2v) is 10.1. The number of fused-ring (bicyclic) bond motifs is 1. The van der Waals surface area contributed by atoms with Crippen LogP contribution in [0.5, 0.6) is 0 Å². The van der Waals surface area contributed by atoms with Gasteiger partial charge in [0.25, 0.3) is 0 Å². The van der Waals surface area contributed by atoms with Gasteiger partial charge in [-0.25, -0.2) is 22.9 Å². The molecule has 37 heavy (non-hydrogen) atoms. The van der Waals surface area contributed by atoms with Gasteiger partial charge in [-0.15, -0.1) is 0 Å². The molecule has 1 aliphatic rings. The first kappa shape index (κ1) is 28.2. The fraction of sp³-hybridized carbons (Fsp3) is 0.381. The molecule has 3 heterocycles. The van der Waals surface area contributed by atoms with Gasteiger partial charge in [-0.05, 0) is 31.2 Å². The van der Waals surface area contributed by atoms with E-state index in [-0.39, 0.29) is 23.8 Å². The molecule has 0 aliphatic carbocycles. The standard InChI is InChI=1S/C19H22N6O3S2.C2HF3O2/c1-14-4-2-7-17(21-14)24-10-12-25(13-11-24)18(26)8-9-20-30(27,28)16-6-3-5-15-19(16)23-29-22-15;3-2(4,5)1(6)7/h2-7,20H,8-13H2,1H3;(H,6,7). The number of alkyl halides is 3. The van der Waals surface area contributed by atoms with Crippen molar-refractivity contribution in [1.82, 2.24) is 23.4 Å². The number of carboxylic acid groups (broad SMARTS) is 1. The second kappa shape index (κ2) is 11.8. The minimum atomic E-state index is -5.08. The zero-order valence-corrected chi connectivity index (χ0v) is 21.1. The molecule has 3 aromatic rings. The first-order valence-electron chi connectivity index (χ1n) is 10.9.